The van der Waals surface area contributed by atoms with Gasteiger partial charge in [-0.3, -0.25) is 4.79 Å². The van der Waals surface area contributed by atoms with E-state index in [1.54, 1.807) is 17.9 Å². The Labute approximate surface area is 234 Å². The number of epoxide rings is 1. The lowest BCUT2D eigenvalue weighted by atomic mass is 9.83. The Bertz CT molecular complexity index is 932. The van der Waals surface area contributed by atoms with E-state index in [1.165, 1.54) is 11.6 Å². The molecule has 0 aromatic carbocycles. The molecule has 1 spiro atoms. The molecule has 8 nitrogen and oxygen atoms in total. The topological polar surface area (TPSA) is 83.6 Å². The Hall–Kier alpha value is -2.16. The smallest absolute Gasteiger partial charge is 0.410 e. The van der Waals surface area contributed by atoms with E-state index in [4.69, 9.17) is 14.2 Å². The van der Waals surface area contributed by atoms with Crippen LogP contribution in [0, 0.1) is 5.92 Å². The van der Waals surface area contributed by atoms with Crippen LogP contribution >= 0.6 is 0 Å². The Morgan fingerprint density at radius 1 is 1.10 bits per heavy atom. The number of hydrogen-bond donors (Lipinski definition) is 1. The number of nitrogens with zero attached hydrogens (tertiary/aromatic N) is 2. The summed E-state index contributed by atoms with van der Waals surface area (Å²) in [5, 5.41) is 3.12. The molecule has 39 heavy (non-hydrogen) atoms. The number of allylic oxidation sites excluding steroid dienone is 3. The molecule has 1 aliphatic carbocycles. The first-order chi connectivity index (χ1) is 18.5. The normalized spacial score (nSPS) is 32.5. The highest BCUT2D eigenvalue weighted by atomic mass is 16.6. The molecule has 3 aliphatic heterocycles. The maximum absolute atomic E-state index is 12.4. The minimum atomic E-state index is -0.443. The summed E-state index contributed by atoms with van der Waals surface area (Å²) in [5.74, 6) is 0.535. The predicted octanol–water partition coefficient (Wildman–Crippen LogP) is 4.61. The van der Waals surface area contributed by atoms with Crippen molar-refractivity contribution in [3.8, 4) is 0 Å². The van der Waals surface area contributed by atoms with Gasteiger partial charge >= 0.3 is 6.09 Å². The molecule has 3 saturated heterocycles. The summed E-state index contributed by atoms with van der Waals surface area (Å²) in [6, 6.07) is 0.204. The van der Waals surface area contributed by atoms with E-state index >= 15 is 0 Å². The van der Waals surface area contributed by atoms with Crippen molar-refractivity contribution in [3.63, 3.8) is 0 Å². The fourth-order valence-electron chi connectivity index (χ4n) is 6.09. The van der Waals surface area contributed by atoms with Gasteiger partial charge in [0.15, 0.2) is 0 Å². The van der Waals surface area contributed by atoms with E-state index in [0.717, 1.165) is 64.6 Å². The molecular formula is C31H49N3O5. The van der Waals surface area contributed by atoms with Crippen LogP contribution in [0.25, 0.3) is 0 Å². The first-order valence-corrected chi connectivity index (χ1v) is 14.8. The van der Waals surface area contributed by atoms with Gasteiger partial charge in [0, 0.05) is 51.1 Å². The quantitative estimate of drug-likeness (QED) is 0.274. The van der Waals surface area contributed by atoms with E-state index in [0.29, 0.717) is 19.0 Å². The maximum Gasteiger partial charge on any atom is 0.410 e. The first-order valence-electron chi connectivity index (χ1n) is 14.8. The monoisotopic (exact) mass is 543 g/mol. The molecule has 3 unspecified atom stereocenters. The Balaban J connectivity index is 1.11. The Morgan fingerprint density at radius 2 is 1.79 bits per heavy atom. The van der Waals surface area contributed by atoms with Crippen molar-refractivity contribution in [2.45, 2.75) is 102 Å². The van der Waals surface area contributed by atoms with Crippen LogP contribution in [-0.2, 0) is 19.0 Å². The SMILES string of the molecule is CC(C=CC1CC2(CO2)CC(C)(C)O1)=CCC1CCC(NC(=O)C=CC(C)OC(=O)N2CCN(C)CC2)CC1. The lowest BCUT2D eigenvalue weighted by molar-refractivity contribution is -0.117. The molecule has 2 amide bonds. The van der Waals surface area contributed by atoms with Crippen LogP contribution in [0.15, 0.2) is 36.0 Å². The zero-order valence-corrected chi connectivity index (χ0v) is 24.6. The second-order valence-electron chi connectivity index (χ2n) is 12.8. The number of carbonyl (C=O) groups is 2. The number of nitrogens with one attached hydrogen (secondary N) is 1. The van der Waals surface area contributed by atoms with Gasteiger partial charge < -0.3 is 29.3 Å². The summed E-state index contributed by atoms with van der Waals surface area (Å²) in [5.41, 5.74) is 1.19. The predicted molar refractivity (Wildman–Crippen MR) is 152 cm³/mol. The van der Waals surface area contributed by atoms with Gasteiger partial charge in [0.1, 0.15) is 6.10 Å². The van der Waals surface area contributed by atoms with Gasteiger partial charge in [0.05, 0.1) is 23.9 Å². The number of hydrogen-bond acceptors (Lipinski definition) is 6. The number of carbonyl (C=O) groups excluding carboxylic acids is 2. The van der Waals surface area contributed by atoms with Crippen LogP contribution in [0.3, 0.4) is 0 Å². The molecule has 3 heterocycles. The molecule has 8 heteroatoms. The molecule has 218 valence electrons. The third kappa shape index (κ3) is 9.47. The first kappa shape index (κ1) is 29.8. The summed E-state index contributed by atoms with van der Waals surface area (Å²) in [4.78, 5) is 28.6. The molecule has 4 fully saturated rings. The Morgan fingerprint density at radius 3 is 2.46 bits per heavy atom. The van der Waals surface area contributed by atoms with Crippen LogP contribution in [0.5, 0.6) is 0 Å². The van der Waals surface area contributed by atoms with Gasteiger partial charge in [0.2, 0.25) is 5.91 Å². The minimum Gasteiger partial charge on any atom is -0.442 e. The lowest BCUT2D eigenvalue weighted by Gasteiger charge is -2.38. The van der Waals surface area contributed by atoms with E-state index in [-0.39, 0.29) is 35.3 Å². The van der Waals surface area contributed by atoms with Crippen LogP contribution in [-0.4, -0.2) is 91.1 Å². The van der Waals surface area contributed by atoms with Gasteiger partial charge in [-0.2, -0.15) is 0 Å². The molecule has 3 atom stereocenters. The highest BCUT2D eigenvalue weighted by Crippen LogP contribution is 2.46. The minimum absolute atomic E-state index is 0.0495. The fraction of sp³-hybridized carbons (Fsp3) is 0.742. The van der Waals surface area contributed by atoms with Crippen molar-refractivity contribution in [3.05, 3.63) is 36.0 Å². The highest BCUT2D eigenvalue weighted by Gasteiger charge is 2.53. The van der Waals surface area contributed by atoms with E-state index in [9.17, 15) is 9.59 Å². The molecule has 0 bridgehead atoms. The third-order valence-electron chi connectivity index (χ3n) is 8.45. The van der Waals surface area contributed by atoms with Crippen molar-refractivity contribution in [2.75, 3.05) is 39.8 Å². The molecule has 1 N–H and O–H groups in total. The van der Waals surface area contributed by atoms with E-state index in [2.05, 4.69) is 49.2 Å². The zero-order valence-electron chi connectivity index (χ0n) is 24.6. The summed E-state index contributed by atoms with van der Waals surface area (Å²) >= 11 is 0. The molecule has 4 rings (SSSR count). The summed E-state index contributed by atoms with van der Waals surface area (Å²) in [6.45, 7) is 12.2. The van der Waals surface area contributed by atoms with Crippen molar-refractivity contribution in [1.82, 2.24) is 15.1 Å². The highest BCUT2D eigenvalue weighted by molar-refractivity contribution is 5.87. The van der Waals surface area contributed by atoms with E-state index < -0.39 is 6.10 Å². The van der Waals surface area contributed by atoms with E-state index in [1.807, 2.05) is 7.05 Å². The summed E-state index contributed by atoms with van der Waals surface area (Å²) < 4.78 is 17.5. The summed E-state index contributed by atoms with van der Waals surface area (Å²) in [6.07, 6.45) is 16.5. The average molecular weight is 544 g/mol. The number of ether oxygens (including phenoxy) is 3. The molecule has 0 aromatic rings. The second kappa shape index (κ2) is 13.0. The van der Waals surface area contributed by atoms with Gasteiger partial charge in [-0.1, -0.05) is 23.8 Å². The Kier molecular flexibility index (Phi) is 9.94. The maximum atomic E-state index is 12.4. The van der Waals surface area contributed by atoms with Crippen molar-refractivity contribution in [1.29, 1.82) is 0 Å². The van der Waals surface area contributed by atoms with Crippen LogP contribution < -0.4 is 5.32 Å². The van der Waals surface area contributed by atoms with Crippen LogP contribution in [0.1, 0.15) is 72.6 Å². The largest absolute Gasteiger partial charge is 0.442 e. The van der Waals surface area contributed by atoms with Crippen molar-refractivity contribution in [2.24, 2.45) is 5.92 Å². The summed E-state index contributed by atoms with van der Waals surface area (Å²) in [7, 11) is 2.05. The van der Waals surface area contributed by atoms with Gasteiger partial charge in [-0.15, -0.1) is 0 Å². The number of rotatable bonds is 8. The molecule has 1 saturated carbocycles. The van der Waals surface area contributed by atoms with Crippen molar-refractivity contribution < 1.29 is 23.8 Å². The second-order valence-corrected chi connectivity index (χ2v) is 12.8. The van der Waals surface area contributed by atoms with Crippen molar-refractivity contribution >= 4 is 12.0 Å². The number of likely N-dealkylation sites (N-methyl/N-ethyl adjacent to an activating group) is 1. The van der Waals surface area contributed by atoms with Gasteiger partial charge in [-0.25, -0.2) is 4.79 Å². The van der Waals surface area contributed by atoms with Crippen LogP contribution in [0.2, 0.25) is 0 Å². The molecule has 0 radical (unpaired) electrons. The molecule has 0 aromatic heterocycles. The number of piperazine rings is 1. The van der Waals surface area contributed by atoms with Gasteiger partial charge in [0.25, 0.3) is 0 Å². The van der Waals surface area contributed by atoms with Gasteiger partial charge in [-0.05, 0) is 78.8 Å². The standard InChI is InChI=1S/C31H49N3O5/c1-23(7-14-27-20-31(22-37-31)21-30(3,4)39-27)6-9-25-10-12-26(13-11-25)32-28(35)15-8-24(2)38-29(36)34-18-16-33(5)17-19-34/h6-8,14-15,24-27H,9-13,16-22H2,1-5H3,(H,32,35). The van der Waals surface area contributed by atoms with Crippen LogP contribution in [0.4, 0.5) is 4.79 Å². The fourth-order valence-corrected chi connectivity index (χ4v) is 6.09. The molecular weight excluding hydrogens is 494 g/mol. The lowest BCUT2D eigenvalue weighted by Crippen LogP contribution is -2.47. The average Bonchev–Trinajstić information content (AvgIpc) is 3.62. The third-order valence-corrected chi connectivity index (χ3v) is 8.45. The zero-order chi connectivity index (χ0) is 28.0. The number of amides is 2. The molecule has 4 aliphatic rings.